The van der Waals surface area contributed by atoms with Gasteiger partial charge in [0, 0.05) is 25.8 Å². The predicted octanol–water partition coefficient (Wildman–Crippen LogP) is 1.54. The molecular formula is C13H19NO3. The highest BCUT2D eigenvalue weighted by atomic mass is 16.5. The number of likely N-dealkylation sites (N-methyl/N-ethyl adjacent to an activating group) is 1. The number of benzene rings is 1. The van der Waals surface area contributed by atoms with Crippen LogP contribution in [0.25, 0.3) is 0 Å². The molecule has 94 valence electrons. The first-order valence-corrected chi connectivity index (χ1v) is 5.75. The molecule has 2 rings (SSSR count). The summed E-state index contributed by atoms with van der Waals surface area (Å²) in [5.74, 6) is 0.806. The highest BCUT2D eigenvalue weighted by Crippen LogP contribution is 2.37. The fraction of sp³-hybridized carbons (Fsp3) is 0.538. The SMILES string of the molecule is COCc1cc(OC)c(O)c2c1CCN(C)C2. The van der Waals surface area contributed by atoms with Gasteiger partial charge in [0.1, 0.15) is 0 Å². The van der Waals surface area contributed by atoms with E-state index < -0.39 is 0 Å². The van der Waals surface area contributed by atoms with Gasteiger partial charge in [-0.25, -0.2) is 0 Å². The smallest absolute Gasteiger partial charge is 0.162 e. The average molecular weight is 237 g/mol. The van der Waals surface area contributed by atoms with Crippen LogP contribution in [0.5, 0.6) is 11.5 Å². The van der Waals surface area contributed by atoms with Crippen molar-refractivity contribution in [2.75, 3.05) is 27.8 Å². The van der Waals surface area contributed by atoms with E-state index in [1.807, 2.05) is 6.07 Å². The molecule has 0 fully saturated rings. The van der Waals surface area contributed by atoms with Crippen molar-refractivity contribution in [3.05, 3.63) is 22.8 Å². The quantitative estimate of drug-likeness (QED) is 0.865. The van der Waals surface area contributed by atoms with E-state index in [0.29, 0.717) is 12.4 Å². The highest BCUT2D eigenvalue weighted by Gasteiger charge is 2.22. The van der Waals surface area contributed by atoms with E-state index in [9.17, 15) is 5.11 Å². The third kappa shape index (κ3) is 2.23. The summed E-state index contributed by atoms with van der Waals surface area (Å²) in [6.07, 6.45) is 0.947. The molecule has 1 aromatic carbocycles. The predicted molar refractivity (Wildman–Crippen MR) is 65.4 cm³/mol. The molecule has 0 unspecified atom stereocenters. The monoisotopic (exact) mass is 237 g/mol. The molecule has 1 aromatic rings. The van der Waals surface area contributed by atoms with Crippen molar-refractivity contribution >= 4 is 0 Å². The zero-order valence-corrected chi connectivity index (χ0v) is 10.6. The zero-order valence-electron chi connectivity index (χ0n) is 10.6. The van der Waals surface area contributed by atoms with Crippen molar-refractivity contribution in [3.63, 3.8) is 0 Å². The van der Waals surface area contributed by atoms with Crippen LogP contribution in [0.4, 0.5) is 0 Å². The molecule has 4 heteroatoms. The van der Waals surface area contributed by atoms with Crippen molar-refractivity contribution in [1.29, 1.82) is 0 Å². The van der Waals surface area contributed by atoms with E-state index in [0.717, 1.165) is 30.6 Å². The van der Waals surface area contributed by atoms with Crippen LogP contribution < -0.4 is 4.74 Å². The van der Waals surface area contributed by atoms with Gasteiger partial charge < -0.3 is 19.5 Å². The molecule has 0 spiro atoms. The van der Waals surface area contributed by atoms with Gasteiger partial charge in [0.25, 0.3) is 0 Å². The van der Waals surface area contributed by atoms with Gasteiger partial charge in [0.15, 0.2) is 11.5 Å². The van der Waals surface area contributed by atoms with E-state index in [1.165, 1.54) is 5.56 Å². The summed E-state index contributed by atoms with van der Waals surface area (Å²) in [6, 6.07) is 1.88. The number of aromatic hydroxyl groups is 1. The number of ether oxygens (including phenoxy) is 2. The largest absolute Gasteiger partial charge is 0.504 e. The van der Waals surface area contributed by atoms with Gasteiger partial charge in [0.2, 0.25) is 0 Å². The number of hydrogen-bond donors (Lipinski definition) is 1. The molecule has 0 aromatic heterocycles. The van der Waals surface area contributed by atoms with Gasteiger partial charge in [-0.15, -0.1) is 0 Å². The van der Waals surface area contributed by atoms with Crippen LogP contribution in [0.3, 0.4) is 0 Å². The second-order valence-corrected chi connectivity index (χ2v) is 4.46. The molecule has 0 bridgehead atoms. The number of fused-ring (bicyclic) bond motifs is 1. The van der Waals surface area contributed by atoms with Crippen molar-refractivity contribution in [1.82, 2.24) is 4.90 Å². The van der Waals surface area contributed by atoms with E-state index >= 15 is 0 Å². The topological polar surface area (TPSA) is 41.9 Å². The van der Waals surface area contributed by atoms with Gasteiger partial charge in [-0.3, -0.25) is 0 Å². The number of phenols is 1. The lowest BCUT2D eigenvalue weighted by Crippen LogP contribution is -2.27. The van der Waals surface area contributed by atoms with Crippen LogP contribution in [-0.4, -0.2) is 37.8 Å². The number of phenolic OH excluding ortho intramolecular Hbond substituents is 1. The van der Waals surface area contributed by atoms with Gasteiger partial charge in [0.05, 0.1) is 13.7 Å². The Labute approximate surface area is 102 Å². The molecule has 17 heavy (non-hydrogen) atoms. The number of hydrogen-bond acceptors (Lipinski definition) is 4. The van der Waals surface area contributed by atoms with Gasteiger partial charge >= 0.3 is 0 Å². The molecule has 1 N–H and O–H groups in total. The minimum absolute atomic E-state index is 0.272. The summed E-state index contributed by atoms with van der Waals surface area (Å²) in [4.78, 5) is 2.19. The van der Waals surface area contributed by atoms with Crippen LogP contribution in [0.2, 0.25) is 0 Å². The Morgan fingerprint density at radius 3 is 2.76 bits per heavy atom. The normalized spacial score (nSPS) is 15.7. The summed E-state index contributed by atoms with van der Waals surface area (Å²) >= 11 is 0. The lowest BCUT2D eigenvalue weighted by atomic mass is 9.93. The van der Waals surface area contributed by atoms with E-state index in [-0.39, 0.29) is 5.75 Å². The molecule has 1 heterocycles. The molecular weight excluding hydrogens is 218 g/mol. The second kappa shape index (κ2) is 4.94. The molecule has 0 atom stereocenters. The summed E-state index contributed by atoms with van der Waals surface area (Å²) < 4.78 is 10.4. The van der Waals surface area contributed by atoms with E-state index in [2.05, 4.69) is 11.9 Å². The summed E-state index contributed by atoms with van der Waals surface area (Å²) in [7, 11) is 5.31. The Kier molecular flexibility index (Phi) is 3.54. The second-order valence-electron chi connectivity index (χ2n) is 4.46. The lowest BCUT2D eigenvalue weighted by Gasteiger charge is -2.28. The average Bonchev–Trinajstić information content (AvgIpc) is 2.33. The Morgan fingerprint density at radius 1 is 1.35 bits per heavy atom. The fourth-order valence-corrected chi connectivity index (χ4v) is 2.37. The first kappa shape index (κ1) is 12.2. The van der Waals surface area contributed by atoms with Crippen molar-refractivity contribution in [3.8, 4) is 11.5 Å². The lowest BCUT2D eigenvalue weighted by molar-refractivity contribution is 0.182. The molecule has 1 aliphatic rings. The van der Waals surface area contributed by atoms with Crippen molar-refractivity contribution in [2.45, 2.75) is 19.6 Å². The van der Waals surface area contributed by atoms with Crippen LogP contribution >= 0.6 is 0 Å². The van der Waals surface area contributed by atoms with Crippen LogP contribution in [0, 0.1) is 0 Å². The maximum atomic E-state index is 10.2. The molecule has 0 saturated heterocycles. The van der Waals surface area contributed by atoms with Gasteiger partial charge in [-0.2, -0.15) is 0 Å². The van der Waals surface area contributed by atoms with Gasteiger partial charge in [-0.05, 0) is 30.7 Å². The summed E-state index contributed by atoms with van der Waals surface area (Å²) in [5, 5.41) is 10.2. The Hall–Kier alpha value is -1.26. The molecule has 0 radical (unpaired) electrons. The van der Waals surface area contributed by atoms with Crippen molar-refractivity contribution < 1.29 is 14.6 Å². The van der Waals surface area contributed by atoms with Crippen LogP contribution in [0.15, 0.2) is 6.07 Å². The molecule has 0 amide bonds. The number of rotatable bonds is 3. The Balaban J connectivity index is 2.51. The van der Waals surface area contributed by atoms with Crippen LogP contribution in [-0.2, 0) is 24.3 Å². The van der Waals surface area contributed by atoms with E-state index in [4.69, 9.17) is 9.47 Å². The number of methoxy groups -OCH3 is 2. The standard InChI is InChI=1S/C13H19NO3/c1-14-5-4-10-9(8-16-2)6-12(17-3)13(15)11(10)7-14/h6,15H,4-5,7-8H2,1-3H3. The fourth-order valence-electron chi connectivity index (χ4n) is 2.37. The maximum Gasteiger partial charge on any atom is 0.162 e. The Bertz CT molecular complexity index is 418. The first-order valence-electron chi connectivity index (χ1n) is 5.75. The highest BCUT2D eigenvalue weighted by molar-refractivity contribution is 5.54. The molecule has 1 aliphatic heterocycles. The Morgan fingerprint density at radius 2 is 2.12 bits per heavy atom. The van der Waals surface area contributed by atoms with E-state index in [1.54, 1.807) is 14.2 Å². The summed E-state index contributed by atoms with van der Waals surface area (Å²) in [6.45, 7) is 2.33. The maximum absolute atomic E-state index is 10.2. The van der Waals surface area contributed by atoms with Crippen molar-refractivity contribution in [2.24, 2.45) is 0 Å². The molecule has 0 aliphatic carbocycles. The minimum Gasteiger partial charge on any atom is -0.504 e. The van der Waals surface area contributed by atoms with Crippen LogP contribution in [0.1, 0.15) is 16.7 Å². The minimum atomic E-state index is 0.272. The first-order chi connectivity index (χ1) is 8.17. The molecule has 0 saturated carbocycles. The third-order valence-corrected chi connectivity index (χ3v) is 3.27. The number of nitrogens with zero attached hydrogens (tertiary/aromatic N) is 1. The summed E-state index contributed by atoms with van der Waals surface area (Å²) in [5.41, 5.74) is 3.30. The molecule has 4 nitrogen and oxygen atoms in total. The van der Waals surface area contributed by atoms with Gasteiger partial charge in [-0.1, -0.05) is 0 Å². The zero-order chi connectivity index (χ0) is 12.4. The third-order valence-electron chi connectivity index (χ3n) is 3.27.